The average Bonchev–Trinajstić information content (AvgIpc) is 2.41. The van der Waals surface area contributed by atoms with Gasteiger partial charge in [-0.15, -0.1) is 0 Å². The van der Waals surface area contributed by atoms with E-state index >= 15 is 0 Å². The predicted octanol–water partition coefficient (Wildman–Crippen LogP) is 1.87. The summed E-state index contributed by atoms with van der Waals surface area (Å²) < 4.78 is 0. The van der Waals surface area contributed by atoms with Gasteiger partial charge in [0, 0.05) is 17.8 Å². The first kappa shape index (κ1) is 17.5. The molecule has 0 aromatic heterocycles. The van der Waals surface area contributed by atoms with Gasteiger partial charge in [0.25, 0.3) is 0 Å². The molecule has 0 bridgehead atoms. The molecule has 1 aromatic rings. The Hall–Kier alpha value is -1.59. The minimum Gasteiger partial charge on any atom is -0.399 e. The lowest BCUT2D eigenvalue weighted by atomic mass is 10.2. The molecule has 5 heteroatoms. The van der Waals surface area contributed by atoms with E-state index in [-0.39, 0.29) is 5.91 Å². The van der Waals surface area contributed by atoms with E-state index in [9.17, 15) is 4.79 Å². The van der Waals surface area contributed by atoms with Crippen LogP contribution in [0.4, 0.5) is 11.4 Å². The summed E-state index contributed by atoms with van der Waals surface area (Å²) in [6, 6.07) is 7.21. The Labute approximate surface area is 128 Å². The van der Waals surface area contributed by atoms with Gasteiger partial charge in [-0.05, 0) is 77.9 Å². The van der Waals surface area contributed by atoms with Crippen molar-refractivity contribution in [3.05, 3.63) is 24.3 Å². The normalized spacial score (nSPS) is 11.1. The Bertz CT molecular complexity index is 417. The van der Waals surface area contributed by atoms with Crippen molar-refractivity contribution in [2.24, 2.45) is 0 Å². The molecule has 0 fully saturated rings. The molecule has 0 aliphatic heterocycles. The van der Waals surface area contributed by atoms with Gasteiger partial charge in [-0.1, -0.05) is 0 Å². The van der Waals surface area contributed by atoms with E-state index in [2.05, 4.69) is 36.3 Å². The Balaban J connectivity index is 2.14. The number of nitrogens with zero attached hydrogens (tertiary/aromatic N) is 2. The van der Waals surface area contributed by atoms with Crippen LogP contribution >= 0.6 is 0 Å². The van der Waals surface area contributed by atoms with Crippen LogP contribution in [-0.4, -0.2) is 56.5 Å². The largest absolute Gasteiger partial charge is 0.399 e. The third-order valence-corrected chi connectivity index (χ3v) is 3.28. The molecule has 3 N–H and O–H groups in total. The summed E-state index contributed by atoms with van der Waals surface area (Å²) in [5, 5.41) is 2.88. The predicted molar refractivity (Wildman–Crippen MR) is 89.4 cm³/mol. The summed E-state index contributed by atoms with van der Waals surface area (Å²) in [6.45, 7) is 3.11. The molecule has 1 amide bonds. The zero-order valence-electron chi connectivity index (χ0n) is 13.4. The Morgan fingerprint density at radius 2 is 1.67 bits per heavy atom. The number of nitrogens with one attached hydrogen (secondary N) is 1. The second-order valence-corrected chi connectivity index (χ2v) is 5.73. The van der Waals surface area contributed by atoms with Crippen molar-refractivity contribution in [3.8, 4) is 0 Å². The highest BCUT2D eigenvalue weighted by Crippen LogP contribution is 2.11. The van der Waals surface area contributed by atoms with E-state index in [0.717, 1.165) is 38.2 Å². The summed E-state index contributed by atoms with van der Waals surface area (Å²) in [7, 11) is 6.27. The maximum Gasteiger partial charge on any atom is 0.224 e. The van der Waals surface area contributed by atoms with Gasteiger partial charge in [-0.25, -0.2) is 0 Å². The van der Waals surface area contributed by atoms with Crippen LogP contribution in [0.5, 0.6) is 0 Å². The van der Waals surface area contributed by atoms with E-state index in [1.807, 2.05) is 12.1 Å². The number of carbonyl (C=O) groups excluding carboxylic acids is 1. The fraction of sp³-hybridized carbons (Fsp3) is 0.562. The average molecular weight is 292 g/mol. The summed E-state index contributed by atoms with van der Waals surface area (Å²) in [5.74, 6) is 0.0569. The standard InChI is InChI=1S/C16H28N4O/c1-19(2)11-5-13-20(3)12-4-6-16(21)18-15-9-7-14(17)8-10-15/h7-10H,4-6,11-13,17H2,1-3H3,(H,18,21). The number of anilines is 2. The van der Waals surface area contributed by atoms with Gasteiger partial charge in [0.05, 0.1) is 0 Å². The lowest BCUT2D eigenvalue weighted by Crippen LogP contribution is -2.25. The van der Waals surface area contributed by atoms with Gasteiger partial charge in [0.2, 0.25) is 5.91 Å². The van der Waals surface area contributed by atoms with E-state index in [0.29, 0.717) is 12.1 Å². The Kier molecular flexibility index (Phi) is 7.79. The molecule has 0 aliphatic carbocycles. The maximum atomic E-state index is 11.8. The van der Waals surface area contributed by atoms with Gasteiger partial charge >= 0.3 is 0 Å². The smallest absolute Gasteiger partial charge is 0.224 e. The molecule has 21 heavy (non-hydrogen) atoms. The quantitative estimate of drug-likeness (QED) is 0.682. The number of hydrogen-bond acceptors (Lipinski definition) is 4. The van der Waals surface area contributed by atoms with Crippen molar-refractivity contribution < 1.29 is 4.79 Å². The molecule has 0 spiro atoms. The highest BCUT2D eigenvalue weighted by Gasteiger charge is 2.04. The van der Waals surface area contributed by atoms with Gasteiger partial charge in [-0.3, -0.25) is 4.79 Å². The van der Waals surface area contributed by atoms with Crippen LogP contribution in [0.15, 0.2) is 24.3 Å². The Morgan fingerprint density at radius 3 is 2.29 bits per heavy atom. The molecule has 0 aliphatic rings. The second kappa shape index (κ2) is 9.37. The number of rotatable bonds is 9. The highest BCUT2D eigenvalue weighted by atomic mass is 16.1. The number of nitrogen functional groups attached to an aromatic ring is 1. The molecule has 5 nitrogen and oxygen atoms in total. The molecule has 1 aromatic carbocycles. The molecule has 0 atom stereocenters. The molecule has 0 saturated carbocycles. The molecule has 0 saturated heterocycles. The second-order valence-electron chi connectivity index (χ2n) is 5.73. The van der Waals surface area contributed by atoms with Gasteiger partial charge in [0.15, 0.2) is 0 Å². The zero-order chi connectivity index (χ0) is 15.7. The van der Waals surface area contributed by atoms with E-state index < -0.39 is 0 Å². The first-order chi connectivity index (χ1) is 9.97. The van der Waals surface area contributed by atoms with Gasteiger partial charge in [0.1, 0.15) is 0 Å². The summed E-state index contributed by atoms with van der Waals surface area (Å²) in [4.78, 5) is 16.3. The molecular weight excluding hydrogens is 264 g/mol. The molecular formula is C16H28N4O. The van der Waals surface area contributed by atoms with Crippen molar-refractivity contribution in [1.82, 2.24) is 9.80 Å². The van der Waals surface area contributed by atoms with Crippen molar-refractivity contribution >= 4 is 17.3 Å². The lowest BCUT2D eigenvalue weighted by Gasteiger charge is -2.17. The first-order valence-corrected chi connectivity index (χ1v) is 7.46. The third-order valence-electron chi connectivity index (χ3n) is 3.28. The molecule has 0 heterocycles. The SMILES string of the molecule is CN(C)CCCN(C)CCCC(=O)Nc1ccc(N)cc1. The van der Waals surface area contributed by atoms with Crippen molar-refractivity contribution in [2.75, 3.05) is 51.8 Å². The molecule has 1 rings (SSSR count). The van der Waals surface area contributed by atoms with E-state index in [4.69, 9.17) is 5.73 Å². The van der Waals surface area contributed by atoms with Crippen LogP contribution in [0, 0.1) is 0 Å². The summed E-state index contributed by atoms with van der Waals surface area (Å²) in [5.41, 5.74) is 7.11. The van der Waals surface area contributed by atoms with E-state index in [1.54, 1.807) is 12.1 Å². The van der Waals surface area contributed by atoms with Crippen LogP contribution in [-0.2, 0) is 4.79 Å². The topological polar surface area (TPSA) is 61.6 Å². The maximum absolute atomic E-state index is 11.8. The number of benzene rings is 1. The zero-order valence-corrected chi connectivity index (χ0v) is 13.4. The summed E-state index contributed by atoms with van der Waals surface area (Å²) >= 11 is 0. The van der Waals surface area contributed by atoms with E-state index in [1.165, 1.54) is 0 Å². The number of amides is 1. The third kappa shape index (κ3) is 8.32. The van der Waals surface area contributed by atoms with Crippen molar-refractivity contribution in [3.63, 3.8) is 0 Å². The van der Waals surface area contributed by atoms with Crippen molar-refractivity contribution in [2.45, 2.75) is 19.3 Å². The minimum atomic E-state index is 0.0569. The fourth-order valence-corrected chi connectivity index (χ4v) is 2.07. The number of hydrogen-bond donors (Lipinski definition) is 2. The number of nitrogens with two attached hydrogens (primary N) is 1. The lowest BCUT2D eigenvalue weighted by molar-refractivity contribution is -0.116. The molecule has 118 valence electrons. The van der Waals surface area contributed by atoms with Crippen LogP contribution < -0.4 is 11.1 Å². The van der Waals surface area contributed by atoms with Crippen LogP contribution in [0.1, 0.15) is 19.3 Å². The minimum absolute atomic E-state index is 0.0569. The monoisotopic (exact) mass is 292 g/mol. The Morgan fingerprint density at radius 1 is 1.05 bits per heavy atom. The number of carbonyl (C=O) groups is 1. The summed E-state index contributed by atoms with van der Waals surface area (Å²) in [6.07, 6.45) is 2.57. The van der Waals surface area contributed by atoms with Gasteiger partial charge in [-0.2, -0.15) is 0 Å². The van der Waals surface area contributed by atoms with Crippen LogP contribution in [0.3, 0.4) is 0 Å². The molecule has 0 radical (unpaired) electrons. The first-order valence-electron chi connectivity index (χ1n) is 7.46. The van der Waals surface area contributed by atoms with Gasteiger partial charge < -0.3 is 20.9 Å². The van der Waals surface area contributed by atoms with Crippen LogP contribution in [0.2, 0.25) is 0 Å². The van der Waals surface area contributed by atoms with Crippen molar-refractivity contribution in [1.29, 1.82) is 0 Å². The fourth-order valence-electron chi connectivity index (χ4n) is 2.07. The highest BCUT2D eigenvalue weighted by molar-refractivity contribution is 5.90. The molecule has 0 unspecified atom stereocenters. The van der Waals surface area contributed by atoms with Crippen LogP contribution in [0.25, 0.3) is 0 Å².